The summed E-state index contributed by atoms with van der Waals surface area (Å²) in [6.45, 7) is 3.01. The SMILES string of the molecule is CN=C(NCc1cc(C)on1)NCc1ccco1. The van der Waals surface area contributed by atoms with Crippen LogP contribution in [0, 0.1) is 6.92 Å². The Morgan fingerprint density at radius 2 is 2.22 bits per heavy atom. The van der Waals surface area contributed by atoms with Crippen molar-refractivity contribution in [3.63, 3.8) is 0 Å². The lowest BCUT2D eigenvalue weighted by Gasteiger charge is -2.09. The molecule has 0 saturated carbocycles. The van der Waals surface area contributed by atoms with E-state index in [9.17, 15) is 0 Å². The van der Waals surface area contributed by atoms with Gasteiger partial charge in [-0.15, -0.1) is 0 Å². The summed E-state index contributed by atoms with van der Waals surface area (Å²) in [5.41, 5.74) is 0.841. The van der Waals surface area contributed by atoms with Gasteiger partial charge in [-0.3, -0.25) is 4.99 Å². The van der Waals surface area contributed by atoms with Crippen molar-refractivity contribution >= 4 is 5.96 Å². The zero-order valence-corrected chi connectivity index (χ0v) is 10.4. The molecule has 2 heterocycles. The molecule has 0 unspecified atom stereocenters. The Labute approximate surface area is 105 Å². The van der Waals surface area contributed by atoms with Gasteiger partial charge in [-0.25, -0.2) is 0 Å². The molecule has 0 saturated heterocycles. The molecule has 0 bridgehead atoms. The zero-order chi connectivity index (χ0) is 12.8. The van der Waals surface area contributed by atoms with E-state index >= 15 is 0 Å². The molecule has 0 radical (unpaired) electrons. The minimum absolute atomic E-state index is 0.565. The number of furan rings is 1. The molecule has 2 aromatic heterocycles. The van der Waals surface area contributed by atoms with Crippen molar-refractivity contribution in [3.8, 4) is 0 Å². The Hall–Kier alpha value is -2.24. The van der Waals surface area contributed by atoms with Gasteiger partial charge in [0.2, 0.25) is 0 Å². The predicted octanol–water partition coefficient (Wildman–Crippen LogP) is 1.44. The Kier molecular flexibility index (Phi) is 4.01. The van der Waals surface area contributed by atoms with Gasteiger partial charge in [-0.1, -0.05) is 5.16 Å². The van der Waals surface area contributed by atoms with Gasteiger partial charge in [0, 0.05) is 13.1 Å². The van der Waals surface area contributed by atoms with Crippen LogP contribution in [-0.4, -0.2) is 18.2 Å². The van der Waals surface area contributed by atoms with E-state index in [1.54, 1.807) is 13.3 Å². The Bertz CT molecular complexity index is 502. The fourth-order valence-electron chi connectivity index (χ4n) is 1.48. The lowest BCUT2D eigenvalue weighted by Crippen LogP contribution is -2.36. The van der Waals surface area contributed by atoms with Crippen molar-refractivity contribution in [1.29, 1.82) is 0 Å². The zero-order valence-electron chi connectivity index (χ0n) is 10.4. The molecule has 0 fully saturated rings. The summed E-state index contributed by atoms with van der Waals surface area (Å²) in [5.74, 6) is 2.34. The summed E-state index contributed by atoms with van der Waals surface area (Å²) in [6.07, 6.45) is 1.64. The molecular weight excluding hydrogens is 232 g/mol. The third-order valence-electron chi connectivity index (χ3n) is 2.35. The molecule has 2 N–H and O–H groups in total. The van der Waals surface area contributed by atoms with Gasteiger partial charge in [-0.05, 0) is 19.1 Å². The standard InChI is InChI=1S/C12H16N4O2/c1-9-6-10(16-18-9)7-14-12(13-2)15-8-11-4-3-5-17-11/h3-6H,7-8H2,1-2H3,(H2,13,14,15). The van der Waals surface area contributed by atoms with Gasteiger partial charge in [0.1, 0.15) is 17.2 Å². The molecule has 0 atom stereocenters. The second kappa shape index (κ2) is 5.90. The van der Waals surface area contributed by atoms with Gasteiger partial charge in [0.15, 0.2) is 5.96 Å². The predicted molar refractivity (Wildman–Crippen MR) is 67.0 cm³/mol. The number of hydrogen-bond donors (Lipinski definition) is 2. The van der Waals surface area contributed by atoms with E-state index in [2.05, 4.69) is 20.8 Å². The lowest BCUT2D eigenvalue weighted by atomic mass is 10.4. The third-order valence-corrected chi connectivity index (χ3v) is 2.35. The number of aliphatic imine (C=N–C) groups is 1. The molecule has 2 aromatic rings. The normalized spacial score (nSPS) is 11.6. The van der Waals surface area contributed by atoms with Crippen LogP contribution in [0.25, 0.3) is 0 Å². The van der Waals surface area contributed by atoms with Crippen molar-refractivity contribution in [1.82, 2.24) is 15.8 Å². The first-order valence-electron chi connectivity index (χ1n) is 5.67. The van der Waals surface area contributed by atoms with Crippen LogP contribution in [0.1, 0.15) is 17.2 Å². The first kappa shape index (κ1) is 12.2. The summed E-state index contributed by atoms with van der Waals surface area (Å²) < 4.78 is 10.2. The average molecular weight is 248 g/mol. The highest BCUT2D eigenvalue weighted by Gasteiger charge is 2.03. The van der Waals surface area contributed by atoms with Crippen LogP contribution < -0.4 is 10.6 Å². The average Bonchev–Trinajstić information content (AvgIpc) is 3.01. The molecule has 2 rings (SSSR count). The maximum Gasteiger partial charge on any atom is 0.191 e. The first-order valence-corrected chi connectivity index (χ1v) is 5.67. The van der Waals surface area contributed by atoms with Crippen LogP contribution in [0.3, 0.4) is 0 Å². The molecule has 96 valence electrons. The van der Waals surface area contributed by atoms with Crippen molar-refractivity contribution < 1.29 is 8.94 Å². The number of rotatable bonds is 4. The first-order chi connectivity index (χ1) is 8.78. The summed E-state index contributed by atoms with van der Waals surface area (Å²) >= 11 is 0. The fourth-order valence-corrected chi connectivity index (χ4v) is 1.48. The third kappa shape index (κ3) is 3.38. The molecule has 0 aromatic carbocycles. The van der Waals surface area contributed by atoms with Crippen LogP contribution in [0.5, 0.6) is 0 Å². The minimum Gasteiger partial charge on any atom is -0.467 e. The minimum atomic E-state index is 0.565. The van der Waals surface area contributed by atoms with E-state index in [-0.39, 0.29) is 0 Å². The van der Waals surface area contributed by atoms with Crippen LogP contribution in [0.2, 0.25) is 0 Å². The summed E-state index contributed by atoms with van der Waals surface area (Å²) in [7, 11) is 1.71. The second-order valence-corrected chi connectivity index (χ2v) is 3.79. The highest BCUT2D eigenvalue weighted by atomic mass is 16.5. The van der Waals surface area contributed by atoms with E-state index in [0.29, 0.717) is 19.0 Å². The topological polar surface area (TPSA) is 75.6 Å². The number of nitrogens with one attached hydrogen (secondary N) is 2. The van der Waals surface area contributed by atoms with Gasteiger partial charge in [0.05, 0.1) is 19.4 Å². The van der Waals surface area contributed by atoms with Crippen molar-refractivity contribution in [3.05, 3.63) is 41.7 Å². The van der Waals surface area contributed by atoms with Crippen LogP contribution in [0.15, 0.2) is 38.4 Å². The quantitative estimate of drug-likeness (QED) is 0.632. The number of nitrogens with zero attached hydrogens (tertiary/aromatic N) is 2. The highest BCUT2D eigenvalue weighted by molar-refractivity contribution is 5.79. The van der Waals surface area contributed by atoms with E-state index < -0.39 is 0 Å². The number of guanidine groups is 1. The smallest absolute Gasteiger partial charge is 0.191 e. The number of hydrogen-bond acceptors (Lipinski definition) is 4. The van der Waals surface area contributed by atoms with Gasteiger partial charge in [-0.2, -0.15) is 0 Å². The van der Waals surface area contributed by atoms with E-state index in [1.165, 1.54) is 0 Å². The van der Waals surface area contributed by atoms with Crippen molar-refractivity contribution in [2.75, 3.05) is 7.05 Å². The Morgan fingerprint density at radius 3 is 2.83 bits per heavy atom. The van der Waals surface area contributed by atoms with Gasteiger partial charge < -0.3 is 19.6 Å². The highest BCUT2D eigenvalue weighted by Crippen LogP contribution is 2.01. The maximum atomic E-state index is 5.22. The van der Waals surface area contributed by atoms with E-state index in [0.717, 1.165) is 17.2 Å². The summed E-state index contributed by atoms with van der Waals surface area (Å²) in [5, 5.41) is 10.2. The van der Waals surface area contributed by atoms with Gasteiger partial charge in [0.25, 0.3) is 0 Å². The molecule has 0 spiro atoms. The molecule has 0 aliphatic rings. The molecule has 6 nitrogen and oxygen atoms in total. The molecule has 0 amide bonds. The van der Waals surface area contributed by atoms with Crippen LogP contribution >= 0.6 is 0 Å². The summed E-state index contributed by atoms with van der Waals surface area (Å²) in [4.78, 5) is 4.10. The molecule has 0 aliphatic carbocycles. The fraction of sp³-hybridized carbons (Fsp3) is 0.333. The molecule has 0 aliphatic heterocycles. The number of aromatic nitrogens is 1. The Morgan fingerprint density at radius 1 is 1.39 bits per heavy atom. The number of aryl methyl sites for hydroxylation is 1. The van der Waals surface area contributed by atoms with Gasteiger partial charge >= 0.3 is 0 Å². The van der Waals surface area contributed by atoms with Crippen LogP contribution in [0.4, 0.5) is 0 Å². The Balaban J connectivity index is 1.79. The molecule has 18 heavy (non-hydrogen) atoms. The molecule has 6 heteroatoms. The summed E-state index contributed by atoms with van der Waals surface area (Å²) in [6, 6.07) is 5.64. The van der Waals surface area contributed by atoms with E-state index in [4.69, 9.17) is 8.94 Å². The molecular formula is C12H16N4O2. The second-order valence-electron chi connectivity index (χ2n) is 3.79. The lowest BCUT2D eigenvalue weighted by molar-refractivity contribution is 0.389. The van der Waals surface area contributed by atoms with Crippen LogP contribution in [-0.2, 0) is 13.1 Å². The largest absolute Gasteiger partial charge is 0.467 e. The van der Waals surface area contributed by atoms with Crippen molar-refractivity contribution in [2.24, 2.45) is 4.99 Å². The van der Waals surface area contributed by atoms with Crippen molar-refractivity contribution in [2.45, 2.75) is 20.0 Å². The van der Waals surface area contributed by atoms with E-state index in [1.807, 2.05) is 25.1 Å². The maximum absolute atomic E-state index is 5.22. The monoisotopic (exact) mass is 248 g/mol.